The van der Waals surface area contributed by atoms with Crippen molar-refractivity contribution in [1.82, 2.24) is 30.2 Å². The Labute approximate surface area is 148 Å². The lowest BCUT2D eigenvalue weighted by atomic mass is 9.95. The number of H-pyrrole nitrogens is 1. The van der Waals surface area contributed by atoms with Crippen LogP contribution in [0.15, 0.2) is 12.3 Å². The van der Waals surface area contributed by atoms with Gasteiger partial charge in [-0.15, -0.1) is 0 Å². The molecule has 2 amide bonds. The predicted molar refractivity (Wildman–Crippen MR) is 96.5 cm³/mol. The van der Waals surface area contributed by atoms with E-state index >= 15 is 0 Å². The highest BCUT2D eigenvalue weighted by atomic mass is 16.2. The van der Waals surface area contributed by atoms with Crippen molar-refractivity contribution in [2.45, 2.75) is 52.0 Å². The number of carbonyl (C=O) groups excluding carboxylic acids is 1. The molecule has 7 heteroatoms. The number of piperidine rings is 1. The number of aryl methyl sites for hydroxylation is 2. The normalized spacial score (nSPS) is 19.0. The van der Waals surface area contributed by atoms with Crippen molar-refractivity contribution in [2.75, 3.05) is 13.1 Å². The molecule has 2 aromatic heterocycles. The molecular weight excluding hydrogens is 316 g/mol. The average Bonchev–Trinajstić information content (AvgIpc) is 3.20. The van der Waals surface area contributed by atoms with Crippen molar-refractivity contribution in [3.63, 3.8) is 0 Å². The number of nitrogens with one attached hydrogen (secondary N) is 2. The first kappa shape index (κ1) is 17.5. The molecule has 2 unspecified atom stereocenters. The summed E-state index contributed by atoms with van der Waals surface area (Å²) in [5, 5.41) is 14.7. The van der Waals surface area contributed by atoms with E-state index in [-0.39, 0.29) is 12.1 Å². The quantitative estimate of drug-likeness (QED) is 0.893. The van der Waals surface area contributed by atoms with Gasteiger partial charge in [0.25, 0.3) is 0 Å². The van der Waals surface area contributed by atoms with Gasteiger partial charge in [-0.2, -0.15) is 10.2 Å². The summed E-state index contributed by atoms with van der Waals surface area (Å²) in [5.41, 5.74) is 4.55. The van der Waals surface area contributed by atoms with Gasteiger partial charge < -0.3 is 10.2 Å². The van der Waals surface area contributed by atoms with Crippen LogP contribution in [0.2, 0.25) is 0 Å². The first-order chi connectivity index (χ1) is 12.0. The fraction of sp³-hybridized carbons (Fsp3) is 0.611. The van der Waals surface area contributed by atoms with Gasteiger partial charge in [0.05, 0.1) is 5.69 Å². The van der Waals surface area contributed by atoms with Crippen LogP contribution >= 0.6 is 0 Å². The second-order valence-electron chi connectivity index (χ2n) is 7.12. The summed E-state index contributed by atoms with van der Waals surface area (Å²) >= 11 is 0. The lowest BCUT2D eigenvalue weighted by Crippen LogP contribution is -2.48. The maximum atomic E-state index is 12.7. The topological polar surface area (TPSA) is 78.8 Å². The molecule has 0 aliphatic carbocycles. The molecule has 1 aliphatic heterocycles. The molecular formula is C18H28N6O. The number of nitrogens with zero attached hydrogens (tertiary/aromatic N) is 4. The fourth-order valence-electron chi connectivity index (χ4n) is 3.68. The van der Waals surface area contributed by atoms with Gasteiger partial charge in [-0.25, -0.2) is 4.79 Å². The zero-order valence-corrected chi connectivity index (χ0v) is 15.5. The van der Waals surface area contributed by atoms with Crippen LogP contribution in [-0.2, 0) is 13.5 Å². The molecule has 25 heavy (non-hydrogen) atoms. The Morgan fingerprint density at radius 2 is 2.28 bits per heavy atom. The Balaban J connectivity index is 1.57. The van der Waals surface area contributed by atoms with Crippen molar-refractivity contribution in [1.29, 1.82) is 0 Å². The highest BCUT2D eigenvalue weighted by Gasteiger charge is 2.26. The van der Waals surface area contributed by atoms with Gasteiger partial charge in [0.1, 0.15) is 0 Å². The number of carbonyl (C=O) groups is 1. The van der Waals surface area contributed by atoms with E-state index in [4.69, 9.17) is 0 Å². The molecule has 2 N–H and O–H groups in total. The van der Waals surface area contributed by atoms with Gasteiger partial charge >= 0.3 is 6.03 Å². The smallest absolute Gasteiger partial charge is 0.317 e. The minimum Gasteiger partial charge on any atom is -0.335 e. The van der Waals surface area contributed by atoms with E-state index in [2.05, 4.69) is 34.5 Å². The first-order valence-corrected chi connectivity index (χ1v) is 8.99. The zero-order valence-electron chi connectivity index (χ0n) is 15.5. The Kier molecular flexibility index (Phi) is 5.11. The third kappa shape index (κ3) is 3.86. The highest BCUT2D eigenvalue weighted by molar-refractivity contribution is 5.74. The van der Waals surface area contributed by atoms with Gasteiger partial charge in [-0.05, 0) is 51.7 Å². The number of hydrogen-bond acceptors (Lipinski definition) is 3. The largest absolute Gasteiger partial charge is 0.335 e. The van der Waals surface area contributed by atoms with Gasteiger partial charge in [-0.3, -0.25) is 9.78 Å². The lowest BCUT2D eigenvalue weighted by molar-refractivity contribution is 0.176. The number of aromatic nitrogens is 4. The van der Waals surface area contributed by atoms with Crippen LogP contribution in [-0.4, -0.2) is 50.0 Å². The molecule has 3 heterocycles. The highest BCUT2D eigenvalue weighted by Crippen LogP contribution is 2.25. The van der Waals surface area contributed by atoms with Crippen LogP contribution in [0.3, 0.4) is 0 Å². The van der Waals surface area contributed by atoms with Crippen LogP contribution in [0.1, 0.15) is 48.3 Å². The molecule has 1 fully saturated rings. The molecule has 3 rings (SSSR count). The number of amides is 2. The summed E-state index contributed by atoms with van der Waals surface area (Å²) < 4.78 is 1.90. The second kappa shape index (κ2) is 7.29. The van der Waals surface area contributed by atoms with Gasteiger partial charge in [0.15, 0.2) is 0 Å². The molecule has 0 spiro atoms. The standard InChI is InChI=1S/C18H28N6O/c1-12(10-16-13(2)22-23(4)14(16)3)20-18(25)24-9-5-6-15(11-24)17-7-8-19-21-17/h7-8,12,15H,5-6,9-11H2,1-4H3,(H,19,21)(H,20,25). The molecule has 1 saturated heterocycles. The molecule has 0 saturated carbocycles. The molecule has 7 nitrogen and oxygen atoms in total. The van der Waals surface area contributed by atoms with E-state index in [1.165, 1.54) is 5.56 Å². The molecule has 0 radical (unpaired) electrons. The van der Waals surface area contributed by atoms with Crippen LogP contribution in [0.5, 0.6) is 0 Å². The first-order valence-electron chi connectivity index (χ1n) is 8.99. The van der Waals surface area contributed by atoms with Crippen LogP contribution in [0, 0.1) is 13.8 Å². The minimum absolute atomic E-state index is 0.0240. The fourth-order valence-corrected chi connectivity index (χ4v) is 3.68. The Hall–Kier alpha value is -2.31. The number of urea groups is 1. The number of aromatic amines is 1. The summed E-state index contributed by atoms with van der Waals surface area (Å²) in [7, 11) is 1.96. The van der Waals surface area contributed by atoms with E-state index < -0.39 is 0 Å². The predicted octanol–water partition coefficient (Wildman–Crippen LogP) is 2.28. The molecule has 1 aliphatic rings. The summed E-state index contributed by atoms with van der Waals surface area (Å²) in [6.45, 7) is 7.71. The van der Waals surface area contributed by atoms with Gasteiger partial charge in [-0.1, -0.05) is 0 Å². The van der Waals surface area contributed by atoms with E-state index in [0.29, 0.717) is 5.92 Å². The summed E-state index contributed by atoms with van der Waals surface area (Å²) in [4.78, 5) is 14.6. The minimum atomic E-state index is 0.0240. The van der Waals surface area contributed by atoms with E-state index in [0.717, 1.165) is 49.4 Å². The molecule has 0 bridgehead atoms. The lowest BCUT2D eigenvalue weighted by Gasteiger charge is -2.33. The molecule has 2 atom stereocenters. The molecule has 2 aromatic rings. The number of likely N-dealkylation sites (tertiary alicyclic amines) is 1. The van der Waals surface area contributed by atoms with Crippen LogP contribution in [0.25, 0.3) is 0 Å². The van der Waals surface area contributed by atoms with Crippen LogP contribution in [0.4, 0.5) is 4.79 Å². The number of hydrogen-bond donors (Lipinski definition) is 2. The Bertz CT molecular complexity index is 720. The van der Waals surface area contributed by atoms with Crippen molar-refractivity contribution in [3.05, 3.63) is 34.9 Å². The van der Waals surface area contributed by atoms with Crippen molar-refractivity contribution < 1.29 is 4.79 Å². The third-order valence-electron chi connectivity index (χ3n) is 5.21. The SMILES string of the molecule is Cc1nn(C)c(C)c1CC(C)NC(=O)N1CCCC(c2ccn[nH]2)C1. The number of rotatable bonds is 4. The van der Waals surface area contributed by atoms with Crippen LogP contribution < -0.4 is 5.32 Å². The van der Waals surface area contributed by atoms with Gasteiger partial charge in [0.2, 0.25) is 0 Å². The van der Waals surface area contributed by atoms with E-state index in [1.807, 2.05) is 29.6 Å². The van der Waals surface area contributed by atoms with E-state index in [1.54, 1.807) is 6.20 Å². The second-order valence-corrected chi connectivity index (χ2v) is 7.12. The summed E-state index contributed by atoms with van der Waals surface area (Å²) in [6, 6.07) is 2.10. The molecule has 136 valence electrons. The average molecular weight is 344 g/mol. The van der Waals surface area contributed by atoms with Crippen molar-refractivity contribution in [2.24, 2.45) is 7.05 Å². The summed E-state index contributed by atoms with van der Waals surface area (Å²) in [5.74, 6) is 0.347. The zero-order chi connectivity index (χ0) is 18.0. The Morgan fingerprint density at radius 3 is 2.92 bits per heavy atom. The molecule has 0 aromatic carbocycles. The van der Waals surface area contributed by atoms with E-state index in [9.17, 15) is 4.79 Å². The maximum absolute atomic E-state index is 12.7. The van der Waals surface area contributed by atoms with Crippen molar-refractivity contribution in [3.8, 4) is 0 Å². The van der Waals surface area contributed by atoms with Gasteiger partial charge in [0, 0.05) is 49.7 Å². The summed E-state index contributed by atoms with van der Waals surface area (Å²) in [6.07, 6.45) is 4.69. The van der Waals surface area contributed by atoms with Crippen molar-refractivity contribution >= 4 is 6.03 Å². The monoisotopic (exact) mass is 344 g/mol. The third-order valence-corrected chi connectivity index (χ3v) is 5.21. The Morgan fingerprint density at radius 1 is 1.48 bits per heavy atom. The maximum Gasteiger partial charge on any atom is 0.317 e.